The predicted molar refractivity (Wildman–Crippen MR) is 77.5 cm³/mol. The molecule has 1 fully saturated rings. The number of sulfonamides is 1. The Bertz CT molecular complexity index is 554. The summed E-state index contributed by atoms with van der Waals surface area (Å²) >= 11 is 0. The molecule has 1 aliphatic rings. The summed E-state index contributed by atoms with van der Waals surface area (Å²) in [6, 6.07) is 3.50. The van der Waals surface area contributed by atoms with E-state index >= 15 is 0 Å². The summed E-state index contributed by atoms with van der Waals surface area (Å²) < 4.78 is 27.0. The van der Waals surface area contributed by atoms with E-state index in [0.717, 1.165) is 30.4 Å². The maximum Gasteiger partial charge on any atom is 0.243 e. The Morgan fingerprint density at radius 2 is 1.95 bits per heavy atom. The summed E-state index contributed by atoms with van der Waals surface area (Å²) in [5.41, 5.74) is 8.32. The van der Waals surface area contributed by atoms with E-state index in [2.05, 4.69) is 0 Å². The molecule has 1 saturated carbocycles. The average Bonchev–Trinajstić information content (AvgIpc) is 3.16. The second-order valence-corrected chi connectivity index (χ2v) is 7.19. The summed E-state index contributed by atoms with van der Waals surface area (Å²) in [6.45, 7) is 6.39. The molecule has 1 aliphatic carbocycles. The van der Waals surface area contributed by atoms with Crippen molar-refractivity contribution in [2.75, 3.05) is 12.3 Å². The zero-order valence-corrected chi connectivity index (χ0v) is 12.6. The molecule has 0 aromatic heterocycles. The van der Waals surface area contributed by atoms with Gasteiger partial charge in [-0.1, -0.05) is 6.92 Å². The van der Waals surface area contributed by atoms with E-state index in [4.69, 9.17) is 5.73 Å². The van der Waals surface area contributed by atoms with Crippen molar-refractivity contribution in [2.24, 2.45) is 0 Å². The monoisotopic (exact) mass is 282 g/mol. The molecule has 106 valence electrons. The predicted octanol–water partition coefficient (Wildman–Crippen LogP) is 2.45. The molecule has 0 radical (unpaired) electrons. The van der Waals surface area contributed by atoms with Crippen LogP contribution in [0.25, 0.3) is 0 Å². The third-order valence-electron chi connectivity index (χ3n) is 3.69. The lowest BCUT2D eigenvalue weighted by Crippen LogP contribution is -2.34. The van der Waals surface area contributed by atoms with Crippen LogP contribution in [0.5, 0.6) is 0 Å². The Labute approximate surface area is 115 Å². The molecule has 0 heterocycles. The summed E-state index contributed by atoms with van der Waals surface area (Å²) in [5, 5.41) is 0. The smallest absolute Gasteiger partial charge is 0.243 e. The van der Waals surface area contributed by atoms with Crippen molar-refractivity contribution in [2.45, 2.75) is 51.0 Å². The summed E-state index contributed by atoms with van der Waals surface area (Å²) in [7, 11) is -3.41. The first-order chi connectivity index (χ1) is 8.87. The minimum atomic E-state index is -3.41. The van der Waals surface area contributed by atoms with Crippen LogP contribution in [0.3, 0.4) is 0 Å². The Kier molecular flexibility index (Phi) is 3.87. The minimum Gasteiger partial charge on any atom is -0.398 e. The summed E-state index contributed by atoms with van der Waals surface area (Å²) in [6.07, 6.45) is 2.77. The SMILES string of the molecule is CCCN(C1CC1)S(=O)(=O)c1cc(C)c(C)c(N)c1. The molecule has 19 heavy (non-hydrogen) atoms. The lowest BCUT2D eigenvalue weighted by Gasteiger charge is -2.22. The summed E-state index contributed by atoms with van der Waals surface area (Å²) in [4.78, 5) is 0.327. The van der Waals surface area contributed by atoms with Crippen LogP contribution >= 0.6 is 0 Å². The molecule has 0 spiro atoms. The molecule has 2 rings (SSSR count). The van der Waals surface area contributed by atoms with Crippen LogP contribution < -0.4 is 5.73 Å². The van der Waals surface area contributed by atoms with Crippen molar-refractivity contribution in [3.05, 3.63) is 23.3 Å². The molecular formula is C14H22N2O2S. The third kappa shape index (κ3) is 2.77. The maximum absolute atomic E-state index is 12.7. The van der Waals surface area contributed by atoms with Gasteiger partial charge in [-0.25, -0.2) is 8.42 Å². The molecule has 2 N–H and O–H groups in total. The van der Waals surface area contributed by atoms with Crippen molar-refractivity contribution in [1.29, 1.82) is 0 Å². The van der Waals surface area contributed by atoms with Crippen LogP contribution in [0.15, 0.2) is 17.0 Å². The largest absolute Gasteiger partial charge is 0.398 e. The van der Waals surface area contributed by atoms with E-state index in [0.29, 0.717) is 17.1 Å². The molecule has 5 heteroatoms. The van der Waals surface area contributed by atoms with Gasteiger partial charge in [0.15, 0.2) is 0 Å². The molecule has 0 saturated heterocycles. The van der Waals surface area contributed by atoms with Crippen LogP contribution in [0.1, 0.15) is 37.3 Å². The van der Waals surface area contributed by atoms with Gasteiger partial charge in [0.05, 0.1) is 4.90 Å². The van der Waals surface area contributed by atoms with Gasteiger partial charge in [0.25, 0.3) is 0 Å². The highest BCUT2D eigenvalue weighted by atomic mass is 32.2. The second kappa shape index (κ2) is 5.13. The third-order valence-corrected chi connectivity index (χ3v) is 5.62. The average molecular weight is 282 g/mol. The van der Waals surface area contributed by atoms with Crippen molar-refractivity contribution >= 4 is 15.7 Å². The highest BCUT2D eigenvalue weighted by Crippen LogP contribution is 2.33. The fraction of sp³-hybridized carbons (Fsp3) is 0.571. The van der Waals surface area contributed by atoms with Crippen LogP contribution in [0.4, 0.5) is 5.69 Å². The first-order valence-corrected chi connectivity index (χ1v) is 8.20. The number of aryl methyl sites for hydroxylation is 1. The quantitative estimate of drug-likeness (QED) is 0.844. The van der Waals surface area contributed by atoms with Crippen molar-refractivity contribution in [1.82, 2.24) is 4.31 Å². The van der Waals surface area contributed by atoms with Crippen LogP contribution in [-0.2, 0) is 10.0 Å². The van der Waals surface area contributed by atoms with Crippen molar-refractivity contribution in [3.8, 4) is 0 Å². The normalized spacial score (nSPS) is 16.0. The number of rotatable bonds is 5. The van der Waals surface area contributed by atoms with E-state index in [1.54, 1.807) is 16.4 Å². The summed E-state index contributed by atoms with van der Waals surface area (Å²) in [5.74, 6) is 0. The van der Waals surface area contributed by atoms with Gasteiger partial charge in [0.2, 0.25) is 10.0 Å². The fourth-order valence-corrected chi connectivity index (χ4v) is 4.12. The van der Waals surface area contributed by atoms with E-state index < -0.39 is 10.0 Å². The number of nitrogens with zero attached hydrogens (tertiary/aromatic N) is 1. The maximum atomic E-state index is 12.7. The van der Waals surface area contributed by atoms with Crippen LogP contribution in [0, 0.1) is 13.8 Å². The Morgan fingerprint density at radius 3 is 2.42 bits per heavy atom. The number of hydrogen-bond acceptors (Lipinski definition) is 3. The van der Waals surface area contributed by atoms with Crippen molar-refractivity contribution < 1.29 is 8.42 Å². The topological polar surface area (TPSA) is 63.4 Å². The number of anilines is 1. The van der Waals surface area contributed by atoms with E-state index in [-0.39, 0.29) is 6.04 Å². The van der Waals surface area contributed by atoms with Crippen molar-refractivity contribution in [3.63, 3.8) is 0 Å². The van der Waals surface area contributed by atoms with Gasteiger partial charge in [-0.15, -0.1) is 0 Å². The standard InChI is InChI=1S/C14H22N2O2S/c1-4-7-16(12-5-6-12)19(17,18)13-8-10(2)11(3)14(15)9-13/h8-9,12H,4-7,15H2,1-3H3. The molecule has 0 unspecified atom stereocenters. The molecular weight excluding hydrogens is 260 g/mol. The highest BCUT2D eigenvalue weighted by molar-refractivity contribution is 7.89. The Balaban J connectivity index is 2.43. The Morgan fingerprint density at radius 1 is 1.32 bits per heavy atom. The van der Waals surface area contributed by atoms with Gasteiger partial charge in [-0.2, -0.15) is 4.31 Å². The van der Waals surface area contributed by atoms with Gasteiger partial charge in [0, 0.05) is 18.3 Å². The first kappa shape index (κ1) is 14.3. The molecule has 4 nitrogen and oxygen atoms in total. The van der Waals surface area contributed by atoms with E-state index in [1.165, 1.54) is 0 Å². The van der Waals surface area contributed by atoms with Crippen LogP contribution in [-0.4, -0.2) is 25.3 Å². The Hall–Kier alpha value is -1.07. The minimum absolute atomic E-state index is 0.188. The zero-order chi connectivity index (χ0) is 14.2. The molecule has 1 aromatic rings. The van der Waals surface area contributed by atoms with Gasteiger partial charge >= 0.3 is 0 Å². The van der Waals surface area contributed by atoms with E-state index in [9.17, 15) is 8.42 Å². The molecule has 0 aliphatic heterocycles. The van der Waals surface area contributed by atoms with E-state index in [1.807, 2.05) is 20.8 Å². The lowest BCUT2D eigenvalue weighted by molar-refractivity contribution is 0.403. The molecule has 0 bridgehead atoms. The first-order valence-electron chi connectivity index (χ1n) is 6.76. The van der Waals surface area contributed by atoms with Gasteiger partial charge < -0.3 is 5.73 Å². The highest BCUT2D eigenvalue weighted by Gasteiger charge is 2.37. The zero-order valence-electron chi connectivity index (χ0n) is 11.8. The van der Waals surface area contributed by atoms with Gasteiger partial charge in [-0.05, 0) is 56.4 Å². The second-order valence-electron chi connectivity index (χ2n) is 5.30. The number of nitrogen functional groups attached to an aromatic ring is 1. The number of nitrogens with two attached hydrogens (primary N) is 1. The molecule has 0 amide bonds. The van der Waals surface area contributed by atoms with Gasteiger partial charge in [-0.3, -0.25) is 0 Å². The molecule has 0 atom stereocenters. The fourth-order valence-electron chi connectivity index (χ4n) is 2.22. The number of benzene rings is 1. The van der Waals surface area contributed by atoms with Crippen LogP contribution in [0.2, 0.25) is 0 Å². The van der Waals surface area contributed by atoms with Gasteiger partial charge in [0.1, 0.15) is 0 Å². The lowest BCUT2D eigenvalue weighted by atomic mass is 10.1. The number of hydrogen-bond donors (Lipinski definition) is 1. The molecule has 1 aromatic carbocycles.